The van der Waals surface area contributed by atoms with E-state index in [9.17, 15) is 14.4 Å². The lowest BCUT2D eigenvalue weighted by atomic mass is 10.2. The molecule has 8 heteroatoms. The van der Waals surface area contributed by atoms with Crippen LogP contribution in [0, 0.1) is 0 Å². The lowest BCUT2D eigenvalue weighted by Crippen LogP contribution is -2.44. The highest BCUT2D eigenvalue weighted by Gasteiger charge is 2.22. The van der Waals surface area contributed by atoms with E-state index in [-0.39, 0.29) is 0 Å². The van der Waals surface area contributed by atoms with E-state index in [1.165, 1.54) is 7.11 Å². The van der Waals surface area contributed by atoms with Crippen LogP contribution < -0.4 is 10.6 Å². The standard InChI is InChI=1S/C13H16N2O6/c1-21-7-8-3-2-4-9(5-8)14-13(20)15-10(12(18)19)6-11(16)17/h2-5,10H,6-7H2,1H3,(H,16,17)(H,18,19)(H2,14,15,20)/t10-/m0/s1. The van der Waals surface area contributed by atoms with Gasteiger partial charge in [-0.2, -0.15) is 0 Å². The van der Waals surface area contributed by atoms with Gasteiger partial charge in [-0.3, -0.25) is 4.79 Å². The molecule has 0 aliphatic carbocycles. The molecule has 1 rings (SSSR count). The third kappa shape index (κ3) is 5.91. The van der Waals surface area contributed by atoms with Gasteiger partial charge in [-0.1, -0.05) is 12.1 Å². The number of carbonyl (C=O) groups excluding carboxylic acids is 1. The number of aliphatic carboxylic acids is 2. The Bertz CT molecular complexity index is 531. The third-order valence-electron chi connectivity index (χ3n) is 2.48. The van der Waals surface area contributed by atoms with Gasteiger partial charge in [0.05, 0.1) is 13.0 Å². The van der Waals surface area contributed by atoms with Gasteiger partial charge in [0.25, 0.3) is 0 Å². The van der Waals surface area contributed by atoms with Crippen molar-refractivity contribution in [3.05, 3.63) is 29.8 Å². The van der Waals surface area contributed by atoms with E-state index in [1.807, 2.05) is 0 Å². The second kappa shape index (κ2) is 7.85. The highest BCUT2D eigenvalue weighted by atomic mass is 16.5. The zero-order chi connectivity index (χ0) is 15.8. The molecule has 4 N–H and O–H groups in total. The predicted molar refractivity (Wildman–Crippen MR) is 73.0 cm³/mol. The van der Waals surface area contributed by atoms with Gasteiger partial charge >= 0.3 is 18.0 Å². The van der Waals surface area contributed by atoms with Crippen LogP contribution in [0.3, 0.4) is 0 Å². The van der Waals surface area contributed by atoms with Crippen molar-refractivity contribution in [2.75, 3.05) is 12.4 Å². The molecule has 0 bridgehead atoms. The first-order chi connectivity index (χ1) is 9.92. The zero-order valence-electron chi connectivity index (χ0n) is 11.3. The van der Waals surface area contributed by atoms with Gasteiger partial charge in [-0.25, -0.2) is 9.59 Å². The quantitative estimate of drug-likeness (QED) is 0.592. The van der Waals surface area contributed by atoms with E-state index in [0.29, 0.717) is 12.3 Å². The molecule has 0 fully saturated rings. The molecule has 0 aliphatic heterocycles. The summed E-state index contributed by atoms with van der Waals surface area (Å²) in [5.41, 5.74) is 1.28. The topological polar surface area (TPSA) is 125 Å². The van der Waals surface area contributed by atoms with E-state index >= 15 is 0 Å². The Morgan fingerprint density at radius 1 is 1.29 bits per heavy atom. The van der Waals surface area contributed by atoms with Gasteiger partial charge in [0.2, 0.25) is 0 Å². The number of benzene rings is 1. The Kier molecular flexibility index (Phi) is 6.15. The maximum absolute atomic E-state index is 11.7. The number of anilines is 1. The number of rotatable bonds is 7. The van der Waals surface area contributed by atoms with E-state index in [2.05, 4.69) is 10.6 Å². The molecule has 0 saturated carbocycles. The minimum absolute atomic E-state index is 0.369. The first-order valence-electron chi connectivity index (χ1n) is 6.02. The van der Waals surface area contributed by atoms with E-state index in [0.717, 1.165) is 5.56 Å². The molecular weight excluding hydrogens is 280 g/mol. The normalized spacial score (nSPS) is 11.5. The maximum atomic E-state index is 11.7. The fourth-order valence-electron chi connectivity index (χ4n) is 1.61. The molecule has 0 spiro atoms. The molecule has 1 atom stereocenters. The molecule has 0 unspecified atom stereocenters. The van der Waals surface area contributed by atoms with Crippen LogP contribution in [0.4, 0.5) is 10.5 Å². The Labute approximate surface area is 120 Å². The summed E-state index contributed by atoms with van der Waals surface area (Å²) in [4.78, 5) is 33.0. The largest absolute Gasteiger partial charge is 0.481 e. The Morgan fingerprint density at radius 2 is 2.00 bits per heavy atom. The highest BCUT2D eigenvalue weighted by molar-refractivity contribution is 5.93. The van der Waals surface area contributed by atoms with E-state index in [4.69, 9.17) is 14.9 Å². The Hall–Kier alpha value is -2.61. The Balaban J connectivity index is 2.65. The van der Waals surface area contributed by atoms with Gasteiger partial charge in [-0.05, 0) is 17.7 Å². The summed E-state index contributed by atoms with van der Waals surface area (Å²) in [7, 11) is 1.54. The summed E-state index contributed by atoms with van der Waals surface area (Å²) < 4.78 is 4.96. The van der Waals surface area contributed by atoms with E-state index < -0.39 is 30.4 Å². The number of hydrogen-bond acceptors (Lipinski definition) is 4. The molecule has 2 amide bonds. The van der Waals surface area contributed by atoms with Crippen molar-refractivity contribution in [3.8, 4) is 0 Å². The lowest BCUT2D eigenvalue weighted by Gasteiger charge is -2.13. The van der Waals surface area contributed by atoms with Crippen molar-refractivity contribution >= 4 is 23.7 Å². The number of amides is 2. The van der Waals surface area contributed by atoms with Crippen molar-refractivity contribution in [2.45, 2.75) is 19.1 Å². The van der Waals surface area contributed by atoms with Crippen LogP contribution in [0.25, 0.3) is 0 Å². The molecule has 0 radical (unpaired) electrons. The molecule has 0 saturated heterocycles. The van der Waals surface area contributed by atoms with Crippen LogP contribution in [0.1, 0.15) is 12.0 Å². The van der Waals surface area contributed by atoms with Gasteiger partial charge in [-0.15, -0.1) is 0 Å². The summed E-state index contributed by atoms with van der Waals surface area (Å²) in [6, 6.07) is 4.50. The molecule has 21 heavy (non-hydrogen) atoms. The van der Waals surface area contributed by atoms with Crippen LogP contribution in [-0.4, -0.2) is 41.3 Å². The summed E-state index contributed by atoms with van der Waals surface area (Å²) >= 11 is 0. The lowest BCUT2D eigenvalue weighted by molar-refractivity contribution is -0.145. The van der Waals surface area contributed by atoms with Gasteiger partial charge in [0.15, 0.2) is 0 Å². The number of ether oxygens (including phenoxy) is 1. The first kappa shape index (κ1) is 16.4. The SMILES string of the molecule is COCc1cccc(NC(=O)N[C@@H](CC(=O)O)C(=O)O)c1. The smallest absolute Gasteiger partial charge is 0.326 e. The zero-order valence-corrected chi connectivity index (χ0v) is 11.3. The van der Waals surface area contributed by atoms with Crippen molar-refractivity contribution in [2.24, 2.45) is 0 Å². The predicted octanol–water partition coefficient (Wildman–Crippen LogP) is 0.882. The van der Waals surface area contributed by atoms with Crippen molar-refractivity contribution < 1.29 is 29.3 Å². The van der Waals surface area contributed by atoms with Crippen LogP contribution in [0.5, 0.6) is 0 Å². The third-order valence-corrected chi connectivity index (χ3v) is 2.48. The average Bonchev–Trinajstić information content (AvgIpc) is 2.38. The second-order valence-electron chi connectivity index (χ2n) is 4.22. The minimum Gasteiger partial charge on any atom is -0.481 e. The van der Waals surface area contributed by atoms with Crippen molar-refractivity contribution in [3.63, 3.8) is 0 Å². The fraction of sp³-hybridized carbons (Fsp3) is 0.308. The maximum Gasteiger partial charge on any atom is 0.326 e. The molecule has 0 aliphatic rings. The molecule has 0 heterocycles. The van der Waals surface area contributed by atoms with Crippen LogP contribution in [0.2, 0.25) is 0 Å². The number of carboxylic acids is 2. The van der Waals surface area contributed by atoms with Crippen molar-refractivity contribution in [1.29, 1.82) is 0 Å². The van der Waals surface area contributed by atoms with Gasteiger partial charge in [0.1, 0.15) is 6.04 Å². The summed E-state index contributed by atoms with van der Waals surface area (Å²) in [5.74, 6) is -2.73. The van der Waals surface area contributed by atoms with Gasteiger partial charge in [0, 0.05) is 12.8 Å². The molecule has 1 aromatic carbocycles. The van der Waals surface area contributed by atoms with E-state index in [1.54, 1.807) is 24.3 Å². The average molecular weight is 296 g/mol. The number of hydrogen-bond donors (Lipinski definition) is 4. The summed E-state index contributed by atoms with van der Waals surface area (Å²) in [6.07, 6.45) is -0.702. The second-order valence-corrected chi connectivity index (χ2v) is 4.22. The fourth-order valence-corrected chi connectivity index (χ4v) is 1.61. The van der Waals surface area contributed by atoms with Crippen LogP contribution >= 0.6 is 0 Å². The minimum atomic E-state index is -1.50. The molecule has 0 aromatic heterocycles. The number of nitrogens with one attached hydrogen (secondary N) is 2. The van der Waals surface area contributed by atoms with Gasteiger partial charge < -0.3 is 25.6 Å². The van der Waals surface area contributed by atoms with Crippen LogP contribution in [-0.2, 0) is 20.9 Å². The Morgan fingerprint density at radius 3 is 2.57 bits per heavy atom. The summed E-state index contributed by atoms with van der Waals surface area (Å²) in [5, 5.41) is 21.9. The number of methoxy groups -OCH3 is 1. The first-order valence-corrected chi connectivity index (χ1v) is 6.02. The highest BCUT2D eigenvalue weighted by Crippen LogP contribution is 2.11. The molecule has 114 valence electrons. The molecule has 8 nitrogen and oxygen atoms in total. The van der Waals surface area contributed by atoms with Crippen LogP contribution in [0.15, 0.2) is 24.3 Å². The molecular formula is C13H16N2O6. The number of carboxylic acid groups (broad SMARTS) is 2. The monoisotopic (exact) mass is 296 g/mol. The molecule has 1 aromatic rings. The summed E-state index contributed by atoms with van der Waals surface area (Å²) in [6.45, 7) is 0.369. The number of urea groups is 1. The number of carbonyl (C=O) groups is 3. The van der Waals surface area contributed by atoms with Crippen molar-refractivity contribution in [1.82, 2.24) is 5.32 Å².